The molecule has 0 saturated heterocycles. The number of hydroxylamine groups is 1. The quantitative estimate of drug-likeness (QED) is 0.664. The van der Waals surface area contributed by atoms with Gasteiger partial charge in [0.25, 0.3) is 0 Å². The topological polar surface area (TPSA) is 21.3 Å². The van der Waals surface area contributed by atoms with Crippen molar-refractivity contribution in [2.75, 3.05) is 0 Å². The first kappa shape index (κ1) is 7.48. The van der Waals surface area contributed by atoms with E-state index in [2.05, 4.69) is 11.6 Å². The molecule has 0 aromatic carbocycles. The summed E-state index contributed by atoms with van der Waals surface area (Å²) in [6.45, 7) is 0. The molecule has 2 aliphatic carbocycles. The van der Waals surface area contributed by atoms with Crippen LogP contribution in [0.1, 0.15) is 25.7 Å². The fourth-order valence-electron chi connectivity index (χ4n) is 3.11. The molecule has 1 N–H and O–H groups in total. The van der Waals surface area contributed by atoms with Crippen molar-refractivity contribution in [2.45, 2.75) is 25.7 Å². The molecule has 3 rings (SSSR count). The van der Waals surface area contributed by atoms with Crippen molar-refractivity contribution in [1.29, 1.82) is 0 Å². The van der Waals surface area contributed by atoms with Crippen molar-refractivity contribution in [3.63, 3.8) is 0 Å². The van der Waals surface area contributed by atoms with Crippen LogP contribution >= 0.6 is 0 Å². The van der Waals surface area contributed by atoms with Gasteiger partial charge >= 0.3 is 0 Å². The van der Waals surface area contributed by atoms with Crippen LogP contribution in [0.15, 0.2) is 24.1 Å². The first-order chi connectivity index (χ1) is 6.43. The molecular formula is C11H15NO. The molecule has 3 aliphatic rings. The van der Waals surface area contributed by atoms with Gasteiger partial charge in [0.05, 0.1) is 0 Å². The molecule has 13 heavy (non-hydrogen) atoms. The standard InChI is InChI=1S/C11H15NO/c1-2-11(13-12-5-1)10-7-8-3-4-9(10)6-8/h1-2,5,8-10,12H,3-4,6-7H2. The molecule has 0 aromatic heterocycles. The maximum absolute atomic E-state index is 5.44. The lowest BCUT2D eigenvalue weighted by molar-refractivity contribution is 0.0952. The highest BCUT2D eigenvalue weighted by Gasteiger charge is 2.42. The monoisotopic (exact) mass is 177 g/mol. The first-order valence-corrected chi connectivity index (χ1v) is 5.22. The first-order valence-electron chi connectivity index (χ1n) is 5.22. The van der Waals surface area contributed by atoms with Gasteiger partial charge in [0.1, 0.15) is 5.76 Å². The molecule has 3 unspecified atom stereocenters. The van der Waals surface area contributed by atoms with Gasteiger partial charge in [0.2, 0.25) is 0 Å². The maximum atomic E-state index is 5.44. The molecule has 1 heterocycles. The Bertz CT molecular complexity index is 269. The molecule has 0 radical (unpaired) electrons. The van der Waals surface area contributed by atoms with E-state index in [4.69, 9.17) is 4.84 Å². The molecular weight excluding hydrogens is 162 g/mol. The normalized spacial score (nSPS) is 41.2. The number of rotatable bonds is 1. The Labute approximate surface area is 78.6 Å². The lowest BCUT2D eigenvalue weighted by atomic mass is 9.87. The maximum Gasteiger partial charge on any atom is 0.135 e. The predicted octanol–water partition coefficient (Wildman–Crippen LogP) is 2.36. The largest absolute Gasteiger partial charge is 0.387 e. The fourth-order valence-corrected chi connectivity index (χ4v) is 3.11. The average Bonchev–Trinajstić information content (AvgIpc) is 2.80. The summed E-state index contributed by atoms with van der Waals surface area (Å²) < 4.78 is 0. The van der Waals surface area contributed by atoms with Gasteiger partial charge in [-0.05, 0) is 43.3 Å². The Balaban J connectivity index is 1.79. The van der Waals surface area contributed by atoms with Crippen molar-refractivity contribution >= 4 is 0 Å². The van der Waals surface area contributed by atoms with E-state index in [0.29, 0.717) is 5.92 Å². The van der Waals surface area contributed by atoms with Crippen molar-refractivity contribution in [3.8, 4) is 0 Å². The van der Waals surface area contributed by atoms with Crippen molar-refractivity contribution < 1.29 is 4.84 Å². The minimum Gasteiger partial charge on any atom is -0.387 e. The zero-order valence-electron chi connectivity index (χ0n) is 7.70. The van der Waals surface area contributed by atoms with Crippen LogP contribution in [0, 0.1) is 17.8 Å². The van der Waals surface area contributed by atoms with Gasteiger partial charge in [-0.1, -0.05) is 6.42 Å². The molecule has 2 nitrogen and oxygen atoms in total. The summed E-state index contributed by atoms with van der Waals surface area (Å²) in [6.07, 6.45) is 11.6. The van der Waals surface area contributed by atoms with E-state index in [9.17, 15) is 0 Å². The van der Waals surface area contributed by atoms with Gasteiger partial charge in [-0.15, -0.1) is 0 Å². The number of fused-ring (bicyclic) bond motifs is 2. The summed E-state index contributed by atoms with van der Waals surface area (Å²) in [4.78, 5) is 5.44. The summed E-state index contributed by atoms with van der Waals surface area (Å²) >= 11 is 0. The lowest BCUT2D eigenvalue weighted by Crippen LogP contribution is -2.20. The Kier molecular flexibility index (Phi) is 1.61. The van der Waals surface area contributed by atoms with Gasteiger partial charge in [0, 0.05) is 12.1 Å². The minimum absolute atomic E-state index is 0.705. The van der Waals surface area contributed by atoms with E-state index in [-0.39, 0.29) is 0 Å². The van der Waals surface area contributed by atoms with Gasteiger partial charge in [-0.3, -0.25) is 0 Å². The summed E-state index contributed by atoms with van der Waals surface area (Å²) in [5, 5.41) is 0. The SMILES string of the molecule is C1=CNOC(C2CC3CCC2C3)=C1. The van der Waals surface area contributed by atoms with E-state index in [1.165, 1.54) is 25.7 Å². The summed E-state index contributed by atoms with van der Waals surface area (Å²) in [7, 11) is 0. The second kappa shape index (κ2) is 2.79. The van der Waals surface area contributed by atoms with Crippen LogP contribution in [0.2, 0.25) is 0 Å². The summed E-state index contributed by atoms with van der Waals surface area (Å²) in [5.41, 5.74) is 2.82. The third kappa shape index (κ3) is 1.16. The minimum atomic E-state index is 0.705. The summed E-state index contributed by atoms with van der Waals surface area (Å²) in [6, 6.07) is 0. The van der Waals surface area contributed by atoms with Gasteiger partial charge in [-0.2, -0.15) is 0 Å². The van der Waals surface area contributed by atoms with Gasteiger partial charge < -0.3 is 4.84 Å². The fraction of sp³-hybridized carbons (Fsp3) is 0.636. The Morgan fingerprint density at radius 1 is 1.31 bits per heavy atom. The van der Waals surface area contributed by atoms with Crippen LogP contribution in [0.4, 0.5) is 0 Å². The Morgan fingerprint density at radius 3 is 2.92 bits per heavy atom. The van der Waals surface area contributed by atoms with Crippen LogP contribution in [-0.2, 0) is 4.84 Å². The van der Waals surface area contributed by atoms with Crippen LogP contribution in [0.5, 0.6) is 0 Å². The van der Waals surface area contributed by atoms with E-state index < -0.39 is 0 Å². The van der Waals surface area contributed by atoms with E-state index in [0.717, 1.165) is 17.6 Å². The molecule has 0 amide bonds. The van der Waals surface area contributed by atoms with Crippen molar-refractivity contribution in [1.82, 2.24) is 5.48 Å². The molecule has 0 spiro atoms. The van der Waals surface area contributed by atoms with Crippen molar-refractivity contribution in [3.05, 3.63) is 24.1 Å². The molecule has 2 heteroatoms. The van der Waals surface area contributed by atoms with Crippen LogP contribution < -0.4 is 5.48 Å². The Hall–Kier alpha value is -0.920. The average molecular weight is 177 g/mol. The zero-order chi connectivity index (χ0) is 8.67. The molecule has 0 aromatic rings. The van der Waals surface area contributed by atoms with E-state index in [1.807, 2.05) is 12.3 Å². The summed E-state index contributed by atoms with van der Waals surface area (Å²) in [5.74, 6) is 3.76. The molecule has 2 saturated carbocycles. The third-order valence-corrected chi connectivity index (χ3v) is 3.71. The lowest BCUT2D eigenvalue weighted by Gasteiger charge is -2.24. The third-order valence-electron chi connectivity index (χ3n) is 3.71. The van der Waals surface area contributed by atoms with Crippen LogP contribution in [0.25, 0.3) is 0 Å². The van der Waals surface area contributed by atoms with Crippen molar-refractivity contribution in [2.24, 2.45) is 17.8 Å². The van der Waals surface area contributed by atoms with E-state index >= 15 is 0 Å². The second-order valence-corrected chi connectivity index (χ2v) is 4.43. The number of hydrogen-bond donors (Lipinski definition) is 1. The molecule has 3 atom stereocenters. The molecule has 2 fully saturated rings. The zero-order valence-corrected chi connectivity index (χ0v) is 7.70. The number of nitrogens with one attached hydrogen (secondary N) is 1. The highest BCUT2D eigenvalue weighted by Crippen LogP contribution is 2.51. The second-order valence-electron chi connectivity index (χ2n) is 4.43. The Morgan fingerprint density at radius 2 is 2.31 bits per heavy atom. The molecule has 2 bridgehead atoms. The predicted molar refractivity (Wildman–Crippen MR) is 50.4 cm³/mol. The van der Waals surface area contributed by atoms with Crippen LogP contribution in [0.3, 0.4) is 0 Å². The number of hydrogen-bond acceptors (Lipinski definition) is 2. The molecule has 1 aliphatic heterocycles. The van der Waals surface area contributed by atoms with Gasteiger partial charge in [-0.25, -0.2) is 5.48 Å². The highest BCUT2D eigenvalue weighted by atomic mass is 16.6. The highest BCUT2D eigenvalue weighted by molar-refractivity contribution is 5.15. The molecule has 70 valence electrons. The van der Waals surface area contributed by atoms with Gasteiger partial charge in [0.15, 0.2) is 0 Å². The van der Waals surface area contributed by atoms with Crippen LogP contribution in [-0.4, -0.2) is 0 Å². The van der Waals surface area contributed by atoms with E-state index in [1.54, 1.807) is 0 Å². The number of allylic oxidation sites excluding steroid dienone is 3. The smallest absolute Gasteiger partial charge is 0.135 e.